The minimum Gasteiger partial charge on any atom is -0.466 e. The van der Waals surface area contributed by atoms with Crippen molar-refractivity contribution in [1.29, 1.82) is 0 Å². The molecule has 1 amide bonds. The number of amides is 1. The van der Waals surface area contributed by atoms with Gasteiger partial charge in [-0.25, -0.2) is 9.78 Å². The van der Waals surface area contributed by atoms with Crippen LogP contribution in [0, 0.1) is 6.92 Å². The number of carbonyl (C=O) groups excluding carboxylic acids is 2. The fourth-order valence-electron chi connectivity index (χ4n) is 2.22. The minimum atomic E-state index is -5.26. The molecule has 0 aliphatic rings. The molecule has 144 valence electrons. The molecule has 2 aromatic rings. The summed E-state index contributed by atoms with van der Waals surface area (Å²) < 4.78 is 46.1. The van der Waals surface area contributed by atoms with E-state index in [2.05, 4.69) is 9.72 Å². The summed E-state index contributed by atoms with van der Waals surface area (Å²) in [6, 6.07) is 8.32. The topological polar surface area (TPSA) is 80.3 Å². The lowest BCUT2D eigenvalue weighted by molar-refractivity contribution is -0.203. The van der Waals surface area contributed by atoms with Crippen molar-refractivity contribution < 1.29 is 27.5 Å². The number of anilines is 1. The van der Waals surface area contributed by atoms with Crippen molar-refractivity contribution in [3.8, 4) is 0 Å². The monoisotopic (exact) mass is 401 g/mol. The molecule has 0 fully saturated rings. The first-order valence-electron chi connectivity index (χ1n) is 7.54. The van der Waals surface area contributed by atoms with Crippen molar-refractivity contribution >= 4 is 29.3 Å². The fourth-order valence-corrected chi connectivity index (χ4v) is 2.45. The third-order valence-electron chi connectivity index (χ3n) is 3.57. The fraction of sp³-hybridized carbons (Fsp3) is 0.235. The van der Waals surface area contributed by atoms with Crippen LogP contribution in [0.25, 0.3) is 0 Å². The molecule has 0 radical (unpaired) electrons. The maximum absolute atomic E-state index is 13.9. The highest BCUT2D eigenvalue weighted by Gasteiger charge is 2.63. The number of hydrogen-bond donors (Lipinski definition) is 2. The van der Waals surface area contributed by atoms with Gasteiger partial charge in [-0.05, 0) is 36.8 Å². The summed E-state index contributed by atoms with van der Waals surface area (Å²) in [6.45, 7) is 1.63. The number of halogens is 4. The van der Waals surface area contributed by atoms with Gasteiger partial charge in [0.2, 0.25) is 0 Å². The number of benzene rings is 1. The Bertz CT molecular complexity index is 861. The van der Waals surface area contributed by atoms with Gasteiger partial charge in [0.25, 0.3) is 5.91 Å². The molecule has 1 atom stereocenters. The average molecular weight is 402 g/mol. The van der Waals surface area contributed by atoms with Gasteiger partial charge < -0.3 is 15.4 Å². The molecular formula is C17H15ClF3N3O3. The number of alkyl halides is 3. The molecule has 1 aromatic carbocycles. The number of hydrogen-bond acceptors (Lipinski definition) is 5. The van der Waals surface area contributed by atoms with Gasteiger partial charge in [-0.15, -0.1) is 0 Å². The number of nitrogens with one attached hydrogen (secondary N) is 2. The molecule has 2 N–H and O–H groups in total. The first-order valence-corrected chi connectivity index (χ1v) is 7.91. The molecule has 0 saturated carbocycles. The van der Waals surface area contributed by atoms with Crippen LogP contribution in [0.3, 0.4) is 0 Å². The van der Waals surface area contributed by atoms with Crippen LogP contribution in [-0.4, -0.2) is 35.8 Å². The molecule has 0 spiro atoms. The maximum Gasteiger partial charge on any atom is 0.441 e. The van der Waals surface area contributed by atoms with Gasteiger partial charge in [0.1, 0.15) is 5.82 Å². The van der Waals surface area contributed by atoms with Crippen LogP contribution in [0.5, 0.6) is 0 Å². The lowest BCUT2D eigenvalue weighted by Gasteiger charge is -2.34. The Morgan fingerprint density at radius 2 is 1.85 bits per heavy atom. The molecule has 0 saturated heterocycles. The Morgan fingerprint density at radius 3 is 2.41 bits per heavy atom. The highest BCUT2D eigenvalue weighted by molar-refractivity contribution is 6.33. The number of ether oxygens (including phenoxy) is 1. The molecule has 2 rings (SSSR count). The molecule has 0 unspecified atom stereocenters. The summed E-state index contributed by atoms with van der Waals surface area (Å²) in [5.41, 5.74) is -3.22. The number of aromatic nitrogens is 1. The molecule has 6 nitrogen and oxygen atoms in total. The summed E-state index contributed by atoms with van der Waals surface area (Å²) in [5, 5.41) is 3.55. The number of aryl methyl sites for hydroxylation is 1. The Labute approximate surface area is 157 Å². The normalized spacial score (nSPS) is 13.4. The van der Waals surface area contributed by atoms with Gasteiger partial charge in [0, 0.05) is 6.20 Å². The van der Waals surface area contributed by atoms with Crippen molar-refractivity contribution in [3.05, 3.63) is 58.7 Å². The summed E-state index contributed by atoms with van der Waals surface area (Å²) in [4.78, 5) is 28.3. The van der Waals surface area contributed by atoms with E-state index in [1.807, 2.05) is 5.32 Å². The third-order valence-corrected chi connectivity index (χ3v) is 3.90. The summed E-state index contributed by atoms with van der Waals surface area (Å²) >= 11 is 5.87. The second-order valence-corrected chi connectivity index (χ2v) is 5.92. The van der Waals surface area contributed by atoms with Gasteiger partial charge >= 0.3 is 17.8 Å². The molecule has 0 aliphatic heterocycles. The largest absolute Gasteiger partial charge is 0.466 e. The van der Waals surface area contributed by atoms with Gasteiger partial charge in [-0.1, -0.05) is 23.7 Å². The van der Waals surface area contributed by atoms with Crippen molar-refractivity contribution in [2.24, 2.45) is 0 Å². The first kappa shape index (κ1) is 20.5. The van der Waals surface area contributed by atoms with Crippen LogP contribution < -0.4 is 10.6 Å². The smallest absolute Gasteiger partial charge is 0.441 e. The Kier molecular flexibility index (Phi) is 5.94. The van der Waals surface area contributed by atoms with E-state index in [-0.39, 0.29) is 16.4 Å². The number of methoxy groups -OCH3 is 1. The van der Waals surface area contributed by atoms with Crippen molar-refractivity contribution in [3.63, 3.8) is 0 Å². The Hall–Kier alpha value is -2.81. The number of pyridine rings is 1. The van der Waals surface area contributed by atoms with E-state index in [0.717, 1.165) is 7.11 Å². The van der Waals surface area contributed by atoms with Gasteiger partial charge in [-0.3, -0.25) is 4.79 Å². The average Bonchev–Trinajstić information content (AvgIpc) is 2.59. The Balaban J connectivity index is 2.52. The predicted octanol–water partition coefficient (Wildman–Crippen LogP) is 3.32. The molecule has 1 aromatic heterocycles. The highest BCUT2D eigenvalue weighted by Crippen LogP contribution is 2.33. The van der Waals surface area contributed by atoms with Crippen molar-refractivity contribution in [1.82, 2.24) is 10.3 Å². The minimum absolute atomic E-state index is 0.0791. The van der Waals surface area contributed by atoms with Gasteiger partial charge in [-0.2, -0.15) is 13.2 Å². The molecular weight excluding hydrogens is 387 g/mol. The van der Waals surface area contributed by atoms with Crippen molar-refractivity contribution in [2.75, 3.05) is 12.4 Å². The number of rotatable bonds is 5. The number of nitrogens with zero attached hydrogens (tertiary/aromatic N) is 1. The lowest BCUT2D eigenvalue weighted by Crippen LogP contribution is -2.69. The van der Waals surface area contributed by atoms with E-state index >= 15 is 0 Å². The maximum atomic E-state index is 13.9. The summed E-state index contributed by atoms with van der Waals surface area (Å²) in [6.07, 6.45) is -4.01. The van der Waals surface area contributed by atoms with Gasteiger partial charge in [0.15, 0.2) is 0 Å². The zero-order chi connectivity index (χ0) is 20.2. The van der Waals surface area contributed by atoms with E-state index in [9.17, 15) is 22.8 Å². The van der Waals surface area contributed by atoms with Crippen LogP contribution >= 0.6 is 11.6 Å². The second kappa shape index (κ2) is 7.83. The second-order valence-electron chi connectivity index (χ2n) is 5.52. The zero-order valence-electron chi connectivity index (χ0n) is 14.2. The van der Waals surface area contributed by atoms with E-state index in [1.165, 1.54) is 36.5 Å². The molecule has 0 aliphatic carbocycles. The first-order chi connectivity index (χ1) is 12.6. The molecule has 27 heavy (non-hydrogen) atoms. The lowest BCUT2D eigenvalue weighted by atomic mass is 10.1. The molecule has 1 heterocycles. The zero-order valence-corrected chi connectivity index (χ0v) is 15.0. The van der Waals surface area contributed by atoms with E-state index in [4.69, 9.17) is 11.6 Å². The third kappa shape index (κ3) is 4.30. The molecule has 0 bridgehead atoms. The number of esters is 1. The predicted molar refractivity (Wildman–Crippen MR) is 92.3 cm³/mol. The number of carbonyl (C=O) groups is 2. The van der Waals surface area contributed by atoms with Crippen LogP contribution in [0.2, 0.25) is 5.02 Å². The van der Waals surface area contributed by atoms with Crippen molar-refractivity contribution in [2.45, 2.75) is 18.8 Å². The van der Waals surface area contributed by atoms with E-state index in [1.54, 1.807) is 18.3 Å². The van der Waals surface area contributed by atoms with Crippen LogP contribution in [0.4, 0.5) is 19.0 Å². The summed E-state index contributed by atoms with van der Waals surface area (Å²) in [7, 11) is 0.774. The molecule has 10 heteroatoms. The van der Waals surface area contributed by atoms with Crippen LogP contribution in [0.1, 0.15) is 15.9 Å². The summed E-state index contributed by atoms with van der Waals surface area (Å²) in [5.74, 6) is -3.26. The SMILES string of the molecule is COC(=O)[C@](NC(=O)c1ccccc1Cl)(Nc1cc(C)ccn1)C(F)(F)F. The van der Waals surface area contributed by atoms with E-state index in [0.29, 0.717) is 5.56 Å². The standard InChI is InChI=1S/C17H15ClF3N3O3/c1-10-7-8-22-13(9-10)23-16(15(26)27-2,17(19,20)21)24-14(25)11-5-3-4-6-12(11)18/h3-9H,1-2H3,(H,22,23)(H,24,25)/t16-/m1/s1. The van der Waals surface area contributed by atoms with Gasteiger partial charge in [0.05, 0.1) is 17.7 Å². The van der Waals surface area contributed by atoms with Crippen LogP contribution in [0.15, 0.2) is 42.6 Å². The highest BCUT2D eigenvalue weighted by atomic mass is 35.5. The quantitative estimate of drug-likeness (QED) is 0.593. The van der Waals surface area contributed by atoms with Crippen LogP contribution in [-0.2, 0) is 9.53 Å². The Morgan fingerprint density at radius 1 is 1.19 bits per heavy atom. The van der Waals surface area contributed by atoms with E-state index < -0.39 is 23.7 Å².